The number of carbonyl (C=O) groups excluding carboxylic acids is 1. The Morgan fingerprint density at radius 2 is 1.65 bits per heavy atom. The molecular weight excluding hydrogens is 456 g/mol. The number of amidine groups is 1. The molecule has 0 aromatic heterocycles. The van der Waals surface area contributed by atoms with Crippen molar-refractivity contribution in [2.45, 2.75) is 4.90 Å². The number of para-hydroxylation sites is 1. The number of hydrogen-bond donors (Lipinski definition) is 1. The third-order valence-electron chi connectivity index (χ3n) is 4.13. The van der Waals surface area contributed by atoms with Gasteiger partial charge in [0.2, 0.25) is 0 Å². The molecule has 6 nitrogen and oxygen atoms in total. The van der Waals surface area contributed by atoms with Crippen LogP contribution in [0.4, 0.5) is 5.69 Å². The number of rotatable bonds is 5. The summed E-state index contributed by atoms with van der Waals surface area (Å²) in [5, 5.41) is 3.49. The highest BCUT2D eigenvalue weighted by atomic mass is 35.5. The molecule has 1 aliphatic heterocycles. The van der Waals surface area contributed by atoms with E-state index in [9.17, 15) is 13.2 Å². The van der Waals surface area contributed by atoms with Crippen LogP contribution in [0.3, 0.4) is 0 Å². The van der Waals surface area contributed by atoms with E-state index in [1.54, 1.807) is 18.2 Å². The molecule has 3 aromatic rings. The molecule has 0 aliphatic carbocycles. The number of aliphatic imine (C=N–C) groups is 1. The number of nitrogens with zero attached hydrogens (tertiary/aromatic N) is 1. The largest absolute Gasteiger partial charge is 0.378 e. The molecule has 0 bridgehead atoms. The summed E-state index contributed by atoms with van der Waals surface area (Å²) in [6, 6.07) is 21.5. The second-order valence-electron chi connectivity index (χ2n) is 6.35. The van der Waals surface area contributed by atoms with Crippen LogP contribution >= 0.6 is 23.4 Å². The van der Waals surface area contributed by atoms with Gasteiger partial charge in [0.15, 0.2) is 5.17 Å². The summed E-state index contributed by atoms with van der Waals surface area (Å²) >= 11 is 7.24. The fourth-order valence-electron chi connectivity index (χ4n) is 2.70. The smallest absolute Gasteiger partial charge is 0.339 e. The first-order valence-electron chi connectivity index (χ1n) is 9.04. The zero-order chi connectivity index (χ0) is 21.8. The Kier molecular flexibility index (Phi) is 6.13. The van der Waals surface area contributed by atoms with E-state index in [-0.39, 0.29) is 16.6 Å². The van der Waals surface area contributed by atoms with Crippen LogP contribution in [0.1, 0.15) is 5.56 Å². The summed E-state index contributed by atoms with van der Waals surface area (Å²) in [6.07, 6.45) is 1.52. The first kappa shape index (κ1) is 21.2. The predicted octanol–water partition coefficient (Wildman–Crippen LogP) is 5.00. The van der Waals surface area contributed by atoms with Crippen molar-refractivity contribution in [3.05, 3.63) is 94.4 Å². The van der Waals surface area contributed by atoms with Gasteiger partial charge in [-0.15, -0.1) is 0 Å². The topological polar surface area (TPSA) is 84.8 Å². The molecule has 0 unspecified atom stereocenters. The number of carbonyl (C=O) groups is 1. The molecule has 4 rings (SSSR count). The van der Waals surface area contributed by atoms with Gasteiger partial charge in [0.25, 0.3) is 5.91 Å². The maximum Gasteiger partial charge on any atom is 0.339 e. The summed E-state index contributed by atoms with van der Waals surface area (Å²) in [5.41, 5.74) is 1.05. The van der Waals surface area contributed by atoms with Gasteiger partial charge in [-0.3, -0.25) is 4.79 Å². The van der Waals surface area contributed by atoms with Gasteiger partial charge in [-0.25, -0.2) is 4.99 Å². The molecule has 0 saturated carbocycles. The van der Waals surface area contributed by atoms with Gasteiger partial charge < -0.3 is 9.50 Å². The number of thioether (sulfide) groups is 1. The minimum absolute atomic E-state index is 0.0221. The van der Waals surface area contributed by atoms with Crippen molar-refractivity contribution >= 4 is 56.3 Å². The van der Waals surface area contributed by atoms with E-state index >= 15 is 0 Å². The summed E-state index contributed by atoms with van der Waals surface area (Å²) in [6.45, 7) is 0. The Morgan fingerprint density at radius 1 is 0.968 bits per heavy atom. The molecule has 1 amide bonds. The highest BCUT2D eigenvalue weighted by Gasteiger charge is 2.25. The van der Waals surface area contributed by atoms with Crippen LogP contribution < -0.4 is 9.50 Å². The lowest BCUT2D eigenvalue weighted by atomic mass is 10.2. The minimum atomic E-state index is -4.05. The van der Waals surface area contributed by atoms with Crippen LogP contribution in [0.5, 0.6) is 5.75 Å². The Bertz CT molecular complexity index is 1290. The zero-order valence-electron chi connectivity index (χ0n) is 15.9. The molecule has 1 heterocycles. The van der Waals surface area contributed by atoms with E-state index in [0.717, 1.165) is 11.8 Å². The monoisotopic (exact) mass is 470 g/mol. The average Bonchev–Trinajstić information content (AvgIpc) is 3.10. The fourth-order valence-corrected chi connectivity index (χ4v) is 4.69. The highest BCUT2D eigenvalue weighted by molar-refractivity contribution is 8.18. The lowest BCUT2D eigenvalue weighted by Gasteiger charge is -2.10. The van der Waals surface area contributed by atoms with Gasteiger partial charge >= 0.3 is 10.1 Å². The molecule has 1 saturated heterocycles. The molecule has 3 aromatic carbocycles. The van der Waals surface area contributed by atoms with Crippen molar-refractivity contribution in [1.29, 1.82) is 0 Å². The number of hydrogen-bond acceptors (Lipinski definition) is 6. The Balaban J connectivity index is 1.64. The van der Waals surface area contributed by atoms with Gasteiger partial charge in [0.05, 0.1) is 10.6 Å². The lowest BCUT2D eigenvalue weighted by molar-refractivity contribution is -0.115. The van der Waals surface area contributed by atoms with Crippen molar-refractivity contribution in [2.24, 2.45) is 4.99 Å². The number of halogens is 1. The molecule has 156 valence electrons. The van der Waals surface area contributed by atoms with Crippen LogP contribution in [0.25, 0.3) is 6.08 Å². The van der Waals surface area contributed by atoms with Gasteiger partial charge in [0.1, 0.15) is 10.6 Å². The van der Waals surface area contributed by atoms with Gasteiger partial charge in [-0.05, 0) is 60.3 Å². The molecule has 1 fully saturated rings. The molecule has 9 heteroatoms. The van der Waals surface area contributed by atoms with E-state index in [4.69, 9.17) is 15.8 Å². The fraction of sp³-hybridized carbons (Fsp3) is 0. The van der Waals surface area contributed by atoms with Crippen LogP contribution in [-0.4, -0.2) is 19.5 Å². The Labute approximate surface area is 188 Å². The Morgan fingerprint density at radius 3 is 2.35 bits per heavy atom. The second-order valence-corrected chi connectivity index (χ2v) is 9.36. The molecule has 31 heavy (non-hydrogen) atoms. The predicted molar refractivity (Wildman–Crippen MR) is 123 cm³/mol. The van der Waals surface area contributed by atoms with Crippen molar-refractivity contribution in [1.82, 2.24) is 5.32 Å². The average molecular weight is 471 g/mol. The molecule has 0 radical (unpaired) electrons. The van der Waals surface area contributed by atoms with Crippen LogP contribution in [0, 0.1) is 0 Å². The van der Waals surface area contributed by atoms with Crippen LogP contribution in [-0.2, 0) is 14.9 Å². The first-order valence-corrected chi connectivity index (χ1v) is 11.6. The quantitative estimate of drug-likeness (QED) is 0.419. The molecule has 0 atom stereocenters. The first-order chi connectivity index (χ1) is 14.9. The van der Waals surface area contributed by atoms with Crippen molar-refractivity contribution in [2.75, 3.05) is 0 Å². The highest BCUT2D eigenvalue weighted by Crippen LogP contribution is 2.33. The van der Waals surface area contributed by atoms with E-state index in [1.165, 1.54) is 36.4 Å². The minimum Gasteiger partial charge on any atom is -0.378 e. The summed E-state index contributed by atoms with van der Waals surface area (Å²) in [4.78, 5) is 17.2. The normalized spacial score (nSPS) is 16.5. The van der Waals surface area contributed by atoms with E-state index < -0.39 is 10.1 Å². The number of benzene rings is 3. The second kappa shape index (κ2) is 8.97. The van der Waals surface area contributed by atoms with Crippen LogP contribution in [0.15, 0.2) is 93.7 Å². The standard InChI is InChI=1S/C22H15ClN2O4S2/c23-16-11-12-19(29-31(27,28)18-9-5-2-6-10-18)15(13-16)14-20-21(26)25-22(30-20)24-17-7-3-1-4-8-17/h1-14H,(H,24,25,26). The maximum absolute atomic E-state index is 12.6. The van der Waals surface area contributed by atoms with E-state index in [1.807, 2.05) is 30.3 Å². The molecule has 1 aliphatic rings. The lowest BCUT2D eigenvalue weighted by Crippen LogP contribution is -2.19. The maximum atomic E-state index is 12.6. The SMILES string of the molecule is O=C1NC(=Nc2ccccc2)SC1=Cc1cc(Cl)ccc1OS(=O)(=O)c1ccccc1. The van der Waals surface area contributed by atoms with Crippen molar-refractivity contribution in [3.8, 4) is 5.75 Å². The van der Waals surface area contributed by atoms with E-state index in [2.05, 4.69) is 10.3 Å². The third-order valence-corrected chi connectivity index (χ3v) is 6.52. The van der Waals surface area contributed by atoms with Crippen LogP contribution in [0.2, 0.25) is 5.02 Å². The number of nitrogens with one attached hydrogen (secondary N) is 1. The van der Waals surface area contributed by atoms with Gasteiger partial charge in [-0.2, -0.15) is 8.42 Å². The van der Waals surface area contributed by atoms with Crippen molar-refractivity contribution in [3.63, 3.8) is 0 Å². The van der Waals surface area contributed by atoms with Gasteiger partial charge in [0, 0.05) is 10.6 Å². The number of amides is 1. The van der Waals surface area contributed by atoms with E-state index in [0.29, 0.717) is 26.3 Å². The van der Waals surface area contributed by atoms with Crippen molar-refractivity contribution < 1.29 is 17.4 Å². The zero-order valence-corrected chi connectivity index (χ0v) is 18.2. The molecular formula is C22H15ClN2O4S2. The molecule has 0 spiro atoms. The molecule has 1 N–H and O–H groups in total. The Hall–Kier alpha value is -3.07. The third kappa shape index (κ3) is 5.16. The summed E-state index contributed by atoms with van der Waals surface area (Å²) in [5.74, 6) is -0.292. The summed E-state index contributed by atoms with van der Waals surface area (Å²) in [7, 11) is -4.05. The van der Waals surface area contributed by atoms with Gasteiger partial charge in [-0.1, -0.05) is 48.0 Å². The summed E-state index contributed by atoms with van der Waals surface area (Å²) < 4.78 is 30.6.